The molecule has 1 atom stereocenters. The molecule has 0 saturated heterocycles. The monoisotopic (exact) mass is 667 g/mol. The van der Waals surface area contributed by atoms with Gasteiger partial charge in [0.2, 0.25) is 0 Å². The molecule has 1 N–H and O–H groups in total. The van der Waals surface area contributed by atoms with E-state index < -0.39 is 6.04 Å². The highest BCUT2D eigenvalue weighted by atomic mass is 127. The summed E-state index contributed by atoms with van der Waals surface area (Å²) >= 11 is 9.38. The van der Waals surface area contributed by atoms with Gasteiger partial charge < -0.3 is 19.5 Å². The summed E-state index contributed by atoms with van der Waals surface area (Å²) in [5, 5.41) is 11.0. The first-order valence-corrected chi connectivity index (χ1v) is 14.1. The lowest BCUT2D eigenvalue weighted by molar-refractivity contribution is -0.127. The molecule has 0 saturated carbocycles. The summed E-state index contributed by atoms with van der Waals surface area (Å²) in [5.74, 6) is 0.889. The molecule has 1 aliphatic rings. The Morgan fingerprint density at radius 3 is 2.58 bits per heavy atom. The van der Waals surface area contributed by atoms with Crippen molar-refractivity contribution in [3.8, 4) is 17.2 Å². The maximum Gasteiger partial charge on any atom is 0.271 e. The van der Waals surface area contributed by atoms with Crippen LogP contribution in [-0.2, 0) is 4.79 Å². The molecule has 4 rings (SSSR count). The minimum Gasteiger partial charge on any atom is -0.506 e. The Bertz CT molecular complexity index is 1620. The fourth-order valence-electron chi connectivity index (χ4n) is 4.46. The second-order valence-corrected chi connectivity index (χ2v) is 11.1. The lowest BCUT2D eigenvalue weighted by Crippen LogP contribution is -2.43. The van der Waals surface area contributed by atoms with Crippen LogP contribution in [0, 0.1) is 3.57 Å². The second kappa shape index (κ2) is 11.5. The van der Waals surface area contributed by atoms with Gasteiger partial charge in [0.05, 0.1) is 33.6 Å². The van der Waals surface area contributed by atoms with Crippen molar-refractivity contribution in [2.24, 2.45) is 4.99 Å². The smallest absolute Gasteiger partial charge is 0.271 e. The Morgan fingerprint density at radius 2 is 1.95 bits per heavy atom. The number of methoxy groups -OCH3 is 2. The summed E-state index contributed by atoms with van der Waals surface area (Å²) in [4.78, 5) is 34.6. The highest BCUT2D eigenvalue weighted by molar-refractivity contribution is 14.1. The SMILES string of the molecule is CCN(CC)C(=O)C1=C(C)N=c2s/c(=C/c3cc(Cl)cc(I)c3O)c(=O)n2[C@@H]1c1cc(OC)ccc1OC. The molecular formula is C27H27ClIN3O5S. The number of carbonyl (C=O) groups is 1. The van der Waals surface area contributed by atoms with Crippen LogP contribution in [0.15, 0.2) is 51.4 Å². The number of hydrogen-bond donors (Lipinski definition) is 1. The van der Waals surface area contributed by atoms with E-state index in [0.717, 1.165) is 0 Å². The minimum atomic E-state index is -0.806. The third kappa shape index (κ3) is 5.08. The van der Waals surface area contributed by atoms with Crippen LogP contribution in [0.3, 0.4) is 0 Å². The van der Waals surface area contributed by atoms with E-state index in [4.69, 9.17) is 21.1 Å². The summed E-state index contributed by atoms with van der Waals surface area (Å²) in [6.07, 6.45) is 1.60. The highest BCUT2D eigenvalue weighted by Gasteiger charge is 2.36. The number of benzene rings is 2. The van der Waals surface area contributed by atoms with Crippen LogP contribution in [0.25, 0.3) is 6.08 Å². The molecule has 1 amide bonds. The molecular weight excluding hydrogens is 641 g/mol. The van der Waals surface area contributed by atoms with Gasteiger partial charge in [0.1, 0.15) is 23.3 Å². The molecule has 2 heterocycles. The van der Waals surface area contributed by atoms with Gasteiger partial charge in [-0.15, -0.1) is 0 Å². The number of halogens is 2. The van der Waals surface area contributed by atoms with Crippen molar-refractivity contribution in [3.05, 3.63) is 81.0 Å². The molecule has 8 nitrogen and oxygen atoms in total. The summed E-state index contributed by atoms with van der Waals surface area (Å²) in [5.41, 5.74) is 1.57. The summed E-state index contributed by atoms with van der Waals surface area (Å²) in [7, 11) is 3.10. The predicted octanol–water partition coefficient (Wildman–Crippen LogP) is 4.08. The number of phenolic OH excluding ortho intramolecular Hbond substituents is 1. The molecule has 0 fully saturated rings. The summed E-state index contributed by atoms with van der Waals surface area (Å²) in [6, 6.07) is 7.73. The molecule has 0 unspecified atom stereocenters. The molecule has 3 aromatic rings. The standard InChI is InChI=1S/C27H27ClIN3O5S/c1-6-31(7-2)26(35)22-14(3)30-27-32(23(22)18-13-17(36-4)8-9-20(18)37-5)25(34)21(38-27)11-15-10-16(28)12-19(29)24(15)33/h8-13,23,33H,6-7H2,1-5H3/b21-11+/t23-/m1/s1. The van der Waals surface area contributed by atoms with E-state index in [9.17, 15) is 14.7 Å². The van der Waals surface area contributed by atoms with E-state index in [1.165, 1.54) is 15.9 Å². The van der Waals surface area contributed by atoms with Crippen LogP contribution < -0.4 is 24.4 Å². The van der Waals surface area contributed by atoms with Crippen LogP contribution >= 0.6 is 45.5 Å². The molecule has 0 bridgehead atoms. The third-order valence-corrected chi connectivity index (χ3v) is 8.40. The van der Waals surface area contributed by atoms with Crippen LogP contribution in [0.4, 0.5) is 0 Å². The van der Waals surface area contributed by atoms with E-state index >= 15 is 0 Å². The Balaban J connectivity index is 2.05. The third-order valence-electron chi connectivity index (χ3n) is 6.38. The second-order valence-electron chi connectivity index (χ2n) is 8.49. The van der Waals surface area contributed by atoms with Crippen molar-refractivity contribution in [3.63, 3.8) is 0 Å². The van der Waals surface area contributed by atoms with Gasteiger partial charge in [0.15, 0.2) is 4.80 Å². The van der Waals surface area contributed by atoms with Crippen molar-refractivity contribution in [1.29, 1.82) is 0 Å². The fraction of sp³-hybridized carbons (Fsp3) is 0.296. The number of nitrogens with zero attached hydrogens (tertiary/aromatic N) is 3. The number of likely N-dealkylation sites (N-methyl/N-ethyl adjacent to an activating group) is 1. The fourth-order valence-corrected chi connectivity index (χ4v) is 6.56. The number of amides is 1. The first-order chi connectivity index (χ1) is 18.1. The Morgan fingerprint density at radius 1 is 1.24 bits per heavy atom. The zero-order chi connectivity index (χ0) is 27.7. The number of aromatic nitrogens is 1. The van der Waals surface area contributed by atoms with Gasteiger partial charge in [-0.05, 0) is 79.8 Å². The topological polar surface area (TPSA) is 93.4 Å². The lowest BCUT2D eigenvalue weighted by atomic mass is 9.93. The molecule has 11 heteroatoms. The number of fused-ring (bicyclic) bond motifs is 1. The van der Waals surface area contributed by atoms with Gasteiger partial charge in [-0.3, -0.25) is 14.2 Å². The van der Waals surface area contributed by atoms with Crippen molar-refractivity contribution >= 4 is 57.5 Å². The van der Waals surface area contributed by atoms with Gasteiger partial charge >= 0.3 is 0 Å². The van der Waals surface area contributed by atoms with Crippen LogP contribution in [0.5, 0.6) is 17.2 Å². The zero-order valence-corrected chi connectivity index (χ0v) is 25.3. The molecule has 200 valence electrons. The Kier molecular flexibility index (Phi) is 8.53. The average Bonchev–Trinajstić information content (AvgIpc) is 3.20. The Hall–Kier alpha value is -2.83. The van der Waals surface area contributed by atoms with Crippen molar-refractivity contribution in [1.82, 2.24) is 9.47 Å². The minimum absolute atomic E-state index is 0.0282. The van der Waals surface area contributed by atoms with Crippen molar-refractivity contribution < 1.29 is 19.4 Å². The number of thiazole rings is 1. The highest BCUT2D eigenvalue weighted by Crippen LogP contribution is 2.38. The normalized spacial score (nSPS) is 15.2. The lowest BCUT2D eigenvalue weighted by Gasteiger charge is -2.30. The maximum atomic E-state index is 14.0. The molecule has 0 aliphatic carbocycles. The molecule has 0 radical (unpaired) electrons. The predicted molar refractivity (Wildman–Crippen MR) is 157 cm³/mol. The van der Waals surface area contributed by atoms with Gasteiger partial charge in [0.25, 0.3) is 11.5 Å². The summed E-state index contributed by atoms with van der Waals surface area (Å²) < 4.78 is 13.6. The van der Waals surface area contributed by atoms with E-state index in [1.807, 2.05) is 36.4 Å². The number of rotatable bonds is 7. The maximum absolute atomic E-state index is 14.0. The molecule has 1 aliphatic heterocycles. The quantitative estimate of drug-likeness (QED) is 0.384. The van der Waals surface area contributed by atoms with Gasteiger partial charge in [-0.2, -0.15) is 0 Å². The largest absolute Gasteiger partial charge is 0.506 e. The van der Waals surface area contributed by atoms with Crippen molar-refractivity contribution in [2.45, 2.75) is 26.8 Å². The molecule has 1 aromatic heterocycles. The molecule has 0 spiro atoms. The first kappa shape index (κ1) is 28.2. The van der Waals surface area contributed by atoms with Gasteiger partial charge in [-0.25, -0.2) is 4.99 Å². The number of phenols is 1. The van der Waals surface area contributed by atoms with E-state index in [0.29, 0.717) is 64.9 Å². The van der Waals surface area contributed by atoms with Gasteiger partial charge in [-0.1, -0.05) is 22.9 Å². The number of carbonyl (C=O) groups excluding carboxylic acids is 1. The number of allylic oxidation sites excluding steroid dienone is 1. The number of aromatic hydroxyl groups is 1. The average molecular weight is 668 g/mol. The van der Waals surface area contributed by atoms with E-state index in [2.05, 4.69) is 4.99 Å². The van der Waals surface area contributed by atoms with Crippen molar-refractivity contribution in [2.75, 3.05) is 27.3 Å². The zero-order valence-electron chi connectivity index (χ0n) is 21.5. The van der Waals surface area contributed by atoms with Crippen LogP contribution in [-0.4, -0.2) is 47.8 Å². The molecule has 38 heavy (non-hydrogen) atoms. The van der Waals surface area contributed by atoms with Crippen LogP contribution in [0.1, 0.15) is 37.9 Å². The Labute approximate surface area is 242 Å². The van der Waals surface area contributed by atoms with Gasteiger partial charge in [0, 0.05) is 29.2 Å². The van der Waals surface area contributed by atoms with Crippen LogP contribution in [0.2, 0.25) is 5.02 Å². The number of hydrogen-bond acceptors (Lipinski definition) is 7. The van der Waals surface area contributed by atoms with E-state index in [-0.39, 0.29) is 17.2 Å². The number of ether oxygens (including phenoxy) is 2. The van der Waals surface area contributed by atoms with E-state index in [1.54, 1.807) is 62.5 Å². The molecule has 2 aromatic carbocycles. The first-order valence-electron chi connectivity index (χ1n) is 11.9. The summed E-state index contributed by atoms with van der Waals surface area (Å²) in [6.45, 7) is 6.61.